The molecule has 1 N–H and O–H groups in total. The molecule has 138 valence electrons. The molecule has 25 heavy (non-hydrogen) atoms. The number of amides is 1. The van der Waals surface area contributed by atoms with Gasteiger partial charge in [0.05, 0.1) is 24.3 Å². The molecule has 2 rings (SSSR count). The van der Waals surface area contributed by atoms with Crippen molar-refractivity contribution < 1.29 is 45.8 Å². The van der Waals surface area contributed by atoms with E-state index in [2.05, 4.69) is 0 Å². The third kappa shape index (κ3) is 4.41. The minimum absolute atomic E-state index is 0.0872. The van der Waals surface area contributed by atoms with Crippen LogP contribution >= 0.6 is 0 Å². The fourth-order valence-electron chi connectivity index (χ4n) is 2.24. The molecule has 1 aliphatic rings. The molecule has 0 saturated carbocycles. The van der Waals surface area contributed by atoms with Crippen LogP contribution in [0.1, 0.15) is 21.5 Å². The van der Waals surface area contributed by atoms with Crippen molar-refractivity contribution in [1.29, 1.82) is 0 Å². The van der Waals surface area contributed by atoms with Crippen molar-refractivity contribution in [2.75, 3.05) is 19.7 Å². The van der Waals surface area contributed by atoms with Crippen LogP contribution in [0.25, 0.3) is 0 Å². The molecule has 11 heteroatoms. The van der Waals surface area contributed by atoms with Crippen LogP contribution in [-0.4, -0.2) is 47.7 Å². The summed E-state index contributed by atoms with van der Waals surface area (Å²) in [6.07, 6.45) is -11.6. The molecule has 1 aromatic carbocycles. The molecule has 1 heterocycles. The van der Waals surface area contributed by atoms with Gasteiger partial charge < -0.3 is 14.7 Å². The van der Waals surface area contributed by atoms with Gasteiger partial charge in [0.2, 0.25) is 0 Å². The Bertz CT molecular complexity index is 653. The second-order valence-corrected chi connectivity index (χ2v) is 5.24. The van der Waals surface area contributed by atoms with E-state index in [0.29, 0.717) is 12.1 Å². The zero-order valence-corrected chi connectivity index (χ0v) is 12.3. The Balaban J connectivity index is 2.40. The predicted molar refractivity (Wildman–Crippen MR) is 69.7 cm³/mol. The van der Waals surface area contributed by atoms with E-state index in [4.69, 9.17) is 9.84 Å². The number of halogens is 6. The summed E-state index contributed by atoms with van der Waals surface area (Å²) in [5.41, 5.74) is -4.06. The molecule has 5 nitrogen and oxygen atoms in total. The quantitative estimate of drug-likeness (QED) is 0.812. The molecule has 1 fully saturated rings. The third-order valence-corrected chi connectivity index (χ3v) is 3.46. The number of alkyl halides is 6. The highest BCUT2D eigenvalue weighted by molar-refractivity contribution is 5.95. The number of carboxylic acids is 1. The SMILES string of the molecule is O=C(O)[C@H]1CN(C(=O)c2cc(C(F)(F)F)cc(C(F)(F)F)c2)CCO1. The number of aliphatic carboxylic acids is 1. The van der Waals surface area contributed by atoms with Gasteiger partial charge in [-0.3, -0.25) is 4.79 Å². The zero-order valence-electron chi connectivity index (χ0n) is 12.3. The van der Waals surface area contributed by atoms with Gasteiger partial charge in [-0.15, -0.1) is 0 Å². The van der Waals surface area contributed by atoms with Crippen molar-refractivity contribution in [3.8, 4) is 0 Å². The van der Waals surface area contributed by atoms with Crippen LogP contribution < -0.4 is 0 Å². The van der Waals surface area contributed by atoms with Crippen LogP contribution in [0.4, 0.5) is 26.3 Å². The lowest BCUT2D eigenvalue weighted by Crippen LogP contribution is -2.48. The second-order valence-electron chi connectivity index (χ2n) is 5.24. The van der Waals surface area contributed by atoms with Gasteiger partial charge in [-0.2, -0.15) is 26.3 Å². The van der Waals surface area contributed by atoms with Gasteiger partial charge in [0.15, 0.2) is 6.10 Å². The van der Waals surface area contributed by atoms with E-state index in [9.17, 15) is 35.9 Å². The summed E-state index contributed by atoms with van der Waals surface area (Å²) in [7, 11) is 0. The van der Waals surface area contributed by atoms with E-state index in [1.54, 1.807) is 0 Å². The highest BCUT2D eigenvalue weighted by Gasteiger charge is 2.38. The summed E-state index contributed by atoms with van der Waals surface area (Å²) in [4.78, 5) is 24.0. The minimum Gasteiger partial charge on any atom is -0.479 e. The molecule has 0 radical (unpaired) electrons. The van der Waals surface area contributed by atoms with Gasteiger partial charge in [-0.1, -0.05) is 0 Å². The van der Waals surface area contributed by atoms with Gasteiger partial charge in [0.1, 0.15) is 0 Å². The first-order chi connectivity index (χ1) is 11.4. The second kappa shape index (κ2) is 6.54. The largest absolute Gasteiger partial charge is 0.479 e. The smallest absolute Gasteiger partial charge is 0.416 e. The monoisotopic (exact) mass is 371 g/mol. The lowest BCUT2D eigenvalue weighted by molar-refractivity contribution is -0.154. The van der Waals surface area contributed by atoms with Crippen LogP contribution in [-0.2, 0) is 21.9 Å². The molecule has 0 aliphatic carbocycles. The number of benzene rings is 1. The molecule has 1 saturated heterocycles. The molecular formula is C14H11F6NO4. The first kappa shape index (κ1) is 19.0. The minimum atomic E-state index is -5.08. The molecule has 0 spiro atoms. The number of morpholine rings is 1. The maximum Gasteiger partial charge on any atom is 0.416 e. The van der Waals surface area contributed by atoms with Crippen molar-refractivity contribution in [2.24, 2.45) is 0 Å². The fraction of sp³-hybridized carbons (Fsp3) is 0.429. The molecular weight excluding hydrogens is 360 g/mol. The van der Waals surface area contributed by atoms with E-state index in [-0.39, 0.29) is 19.2 Å². The normalized spacial score (nSPS) is 19.0. The lowest BCUT2D eigenvalue weighted by atomic mass is 10.0. The number of carbonyl (C=O) groups excluding carboxylic acids is 1. The van der Waals surface area contributed by atoms with Crippen molar-refractivity contribution in [3.05, 3.63) is 34.9 Å². The average molecular weight is 371 g/mol. The number of hydrogen-bond donors (Lipinski definition) is 1. The maximum absolute atomic E-state index is 12.8. The van der Waals surface area contributed by atoms with Gasteiger partial charge >= 0.3 is 18.3 Å². The Labute approximate surface area is 136 Å². The average Bonchev–Trinajstić information content (AvgIpc) is 2.52. The Hall–Kier alpha value is -2.30. The van der Waals surface area contributed by atoms with Crippen LogP contribution in [0.3, 0.4) is 0 Å². The van der Waals surface area contributed by atoms with Crippen molar-refractivity contribution >= 4 is 11.9 Å². The first-order valence-corrected chi connectivity index (χ1v) is 6.83. The summed E-state index contributed by atoms with van der Waals surface area (Å²) in [5, 5.41) is 8.85. The first-order valence-electron chi connectivity index (χ1n) is 6.83. The van der Waals surface area contributed by atoms with Crippen molar-refractivity contribution in [1.82, 2.24) is 4.90 Å². The van der Waals surface area contributed by atoms with Gasteiger partial charge in [-0.25, -0.2) is 4.79 Å². The number of rotatable bonds is 2. The molecule has 1 atom stereocenters. The maximum atomic E-state index is 12.8. The van der Waals surface area contributed by atoms with E-state index in [1.165, 1.54) is 0 Å². The number of nitrogens with zero attached hydrogens (tertiary/aromatic N) is 1. The summed E-state index contributed by atoms with van der Waals surface area (Å²) < 4.78 is 81.8. The van der Waals surface area contributed by atoms with E-state index in [1.807, 2.05) is 0 Å². The molecule has 1 amide bonds. The Kier molecular flexibility index (Phi) is 4.98. The van der Waals surface area contributed by atoms with Gasteiger partial charge in [0, 0.05) is 12.1 Å². The number of ether oxygens (including phenoxy) is 1. The standard InChI is InChI=1S/C14H11F6NO4/c15-13(16,17)8-3-7(4-9(5-8)14(18,19)20)11(22)21-1-2-25-10(6-21)12(23)24/h3-5,10H,1-2,6H2,(H,23,24)/t10-/m1/s1. The summed E-state index contributed by atoms with van der Waals surface area (Å²) in [6, 6.07) is 0.530. The highest BCUT2D eigenvalue weighted by atomic mass is 19.4. The van der Waals surface area contributed by atoms with Gasteiger partial charge in [-0.05, 0) is 18.2 Å². The Morgan fingerprint density at radius 2 is 1.56 bits per heavy atom. The predicted octanol–water partition coefficient (Wildman–Crippen LogP) is 2.65. The highest BCUT2D eigenvalue weighted by Crippen LogP contribution is 2.36. The molecule has 0 aromatic heterocycles. The summed E-state index contributed by atoms with van der Waals surface area (Å²) in [6.45, 7) is -0.834. The zero-order chi connectivity index (χ0) is 19.0. The van der Waals surface area contributed by atoms with Crippen LogP contribution in [0, 0.1) is 0 Å². The van der Waals surface area contributed by atoms with Crippen LogP contribution in [0.2, 0.25) is 0 Å². The van der Waals surface area contributed by atoms with Crippen LogP contribution in [0.15, 0.2) is 18.2 Å². The number of carbonyl (C=O) groups is 2. The lowest BCUT2D eigenvalue weighted by Gasteiger charge is -2.31. The molecule has 1 aromatic rings. The molecule has 0 bridgehead atoms. The Morgan fingerprint density at radius 3 is 2.00 bits per heavy atom. The molecule has 0 unspecified atom stereocenters. The van der Waals surface area contributed by atoms with E-state index >= 15 is 0 Å². The third-order valence-electron chi connectivity index (χ3n) is 3.46. The van der Waals surface area contributed by atoms with E-state index in [0.717, 1.165) is 4.90 Å². The van der Waals surface area contributed by atoms with Crippen LogP contribution in [0.5, 0.6) is 0 Å². The molecule has 1 aliphatic heterocycles. The van der Waals surface area contributed by atoms with Crippen molar-refractivity contribution in [2.45, 2.75) is 18.5 Å². The summed E-state index contributed by atoms with van der Waals surface area (Å²) in [5.74, 6) is -2.52. The topological polar surface area (TPSA) is 66.8 Å². The fourth-order valence-corrected chi connectivity index (χ4v) is 2.24. The number of hydrogen-bond acceptors (Lipinski definition) is 3. The Morgan fingerprint density at radius 1 is 1.04 bits per heavy atom. The van der Waals surface area contributed by atoms with Crippen molar-refractivity contribution in [3.63, 3.8) is 0 Å². The van der Waals surface area contributed by atoms with E-state index < -0.39 is 53.6 Å². The van der Waals surface area contributed by atoms with Gasteiger partial charge in [0.25, 0.3) is 5.91 Å². The summed E-state index contributed by atoms with van der Waals surface area (Å²) >= 11 is 0. The number of carboxylic acid groups (broad SMARTS) is 1.